The van der Waals surface area contributed by atoms with Crippen LogP contribution in [0, 0.1) is 11.6 Å². The van der Waals surface area contributed by atoms with Crippen LogP contribution < -0.4 is 4.74 Å². The molecule has 0 saturated heterocycles. The molecule has 0 fully saturated rings. The van der Waals surface area contributed by atoms with Crippen molar-refractivity contribution in [2.45, 2.75) is 6.10 Å². The van der Waals surface area contributed by atoms with Gasteiger partial charge in [0.05, 0.1) is 12.0 Å². The maximum Gasteiger partial charge on any atom is 0.160 e. The second kappa shape index (κ2) is 5.22. The van der Waals surface area contributed by atoms with Crippen molar-refractivity contribution < 1.29 is 18.6 Å². The molecule has 0 aliphatic heterocycles. The van der Waals surface area contributed by atoms with Gasteiger partial charge in [0.15, 0.2) is 11.6 Å². The van der Waals surface area contributed by atoms with E-state index >= 15 is 0 Å². The van der Waals surface area contributed by atoms with Gasteiger partial charge in [0.2, 0.25) is 0 Å². The third-order valence-corrected chi connectivity index (χ3v) is 3.74. The summed E-state index contributed by atoms with van der Waals surface area (Å²) in [6.07, 6.45) is -1.15. The molecular formula is C12H9ClF2O2S. The van der Waals surface area contributed by atoms with E-state index < -0.39 is 17.7 Å². The van der Waals surface area contributed by atoms with Crippen LogP contribution in [0.2, 0.25) is 5.02 Å². The van der Waals surface area contributed by atoms with Crippen LogP contribution in [0.4, 0.5) is 8.78 Å². The summed E-state index contributed by atoms with van der Waals surface area (Å²) in [6.45, 7) is 0. The first-order chi connectivity index (χ1) is 8.54. The molecule has 6 heteroatoms. The van der Waals surface area contributed by atoms with Crippen LogP contribution in [0.15, 0.2) is 23.6 Å². The minimum atomic E-state index is -1.15. The van der Waals surface area contributed by atoms with Crippen molar-refractivity contribution in [2.75, 3.05) is 7.11 Å². The monoisotopic (exact) mass is 290 g/mol. The number of methoxy groups -OCH3 is 1. The quantitative estimate of drug-likeness (QED) is 0.872. The summed E-state index contributed by atoms with van der Waals surface area (Å²) in [7, 11) is 1.46. The standard InChI is InChI=1S/C12H9ClF2O2S/c1-17-10-2-3-18-12(10)11(16)6-4-8(14)9(15)5-7(6)13/h2-5,11,16H,1H3. The first-order valence-electron chi connectivity index (χ1n) is 4.98. The highest BCUT2D eigenvalue weighted by Gasteiger charge is 2.21. The number of benzene rings is 1. The fourth-order valence-corrected chi connectivity index (χ4v) is 2.68. The summed E-state index contributed by atoms with van der Waals surface area (Å²) >= 11 is 7.05. The van der Waals surface area contributed by atoms with Crippen LogP contribution in [0.3, 0.4) is 0 Å². The fourth-order valence-electron chi connectivity index (χ4n) is 1.57. The van der Waals surface area contributed by atoms with Crippen LogP contribution in [0.1, 0.15) is 16.5 Å². The molecule has 0 radical (unpaired) electrons. The Kier molecular flexibility index (Phi) is 3.85. The lowest BCUT2D eigenvalue weighted by molar-refractivity contribution is 0.218. The number of aliphatic hydroxyl groups excluding tert-OH is 1. The number of aliphatic hydroxyl groups is 1. The Labute approximate surface area is 111 Å². The van der Waals surface area contributed by atoms with Crippen LogP contribution in [0.5, 0.6) is 5.75 Å². The highest BCUT2D eigenvalue weighted by atomic mass is 35.5. The molecular weight excluding hydrogens is 282 g/mol. The van der Waals surface area contributed by atoms with Crippen LogP contribution in [0.25, 0.3) is 0 Å². The molecule has 0 bridgehead atoms. The van der Waals surface area contributed by atoms with E-state index in [-0.39, 0.29) is 10.6 Å². The molecule has 1 unspecified atom stereocenters. The molecule has 0 aliphatic rings. The molecule has 0 amide bonds. The first kappa shape index (κ1) is 13.3. The Morgan fingerprint density at radius 3 is 2.67 bits per heavy atom. The summed E-state index contributed by atoms with van der Waals surface area (Å²) in [6, 6.07) is 3.41. The smallest absolute Gasteiger partial charge is 0.160 e. The number of ether oxygens (including phenoxy) is 1. The molecule has 0 spiro atoms. The van der Waals surface area contributed by atoms with Crippen molar-refractivity contribution in [1.29, 1.82) is 0 Å². The highest BCUT2D eigenvalue weighted by molar-refractivity contribution is 7.10. The molecule has 0 saturated carbocycles. The summed E-state index contributed by atoms with van der Waals surface area (Å²) in [5.41, 5.74) is 0.108. The van der Waals surface area contributed by atoms with Gasteiger partial charge in [-0.1, -0.05) is 11.6 Å². The average Bonchev–Trinajstić information content (AvgIpc) is 2.81. The van der Waals surface area contributed by atoms with Gasteiger partial charge in [-0.15, -0.1) is 11.3 Å². The second-order valence-corrected chi connectivity index (χ2v) is 4.90. The molecule has 1 heterocycles. The summed E-state index contributed by atoms with van der Waals surface area (Å²) in [5.74, 6) is -1.62. The number of rotatable bonds is 3. The van der Waals surface area contributed by atoms with Gasteiger partial charge in [-0.2, -0.15) is 0 Å². The number of hydrogen-bond donors (Lipinski definition) is 1. The highest BCUT2D eigenvalue weighted by Crippen LogP contribution is 2.37. The lowest BCUT2D eigenvalue weighted by atomic mass is 10.1. The average molecular weight is 291 g/mol. The molecule has 96 valence electrons. The summed E-state index contributed by atoms with van der Waals surface area (Å²) < 4.78 is 31.2. The second-order valence-electron chi connectivity index (χ2n) is 3.54. The Morgan fingerprint density at radius 2 is 2.00 bits per heavy atom. The zero-order valence-electron chi connectivity index (χ0n) is 9.28. The van der Waals surface area contributed by atoms with E-state index in [2.05, 4.69) is 0 Å². The van der Waals surface area contributed by atoms with E-state index in [9.17, 15) is 13.9 Å². The lowest BCUT2D eigenvalue weighted by Gasteiger charge is -2.13. The van der Waals surface area contributed by atoms with Crippen LogP contribution in [-0.4, -0.2) is 12.2 Å². The fraction of sp³-hybridized carbons (Fsp3) is 0.167. The molecule has 18 heavy (non-hydrogen) atoms. The maximum absolute atomic E-state index is 13.2. The molecule has 1 aromatic heterocycles. The van der Waals surface area contributed by atoms with Crippen LogP contribution >= 0.6 is 22.9 Å². The van der Waals surface area contributed by atoms with Crippen molar-refractivity contribution >= 4 is 22.9 Å². The number of halogens is 3. The molecule has 1 N–H and O–H groups in total. The van der Waals surface area contributed by atoms with Gasteiger partial charge in [0.1, 0.15) is 11.9 Å². The molecule has 2 aromatic rings. The van der Waals surface area contributed by atoms with E-state index in [1.54, 1.807) is 11.4 Å². The Hall–Kier alpha value is -1.17. The Morgan fingerprint density at radius 1 is 1.33 bits per heavy atom. The van der Waals surface area contributed by atoms with Crippen molar-refractivity contribution in [3.8, 4) is 5.75 Å². The van der Waals surface area contributed by atoms with E-state index in [4.69, 9.17) is 16.3 Å². The van der Waals surface area contributed by atoms with Gasteiger partial charge in [-0.05, 0) is 23.6 Å². The summed E-state index contributed by atoms with van der Waals surface area (Å²) in [5, 5.41) is 11.8. The van der Waals surface area contributed by atoms with Crippen molar-refractivity contribution in [3.63, 3.8) is 0 Å². The molecule has 1 aromatic carbocycles. The predicted molar refractivity (Wildman–Crippen MR) is 66.3 cm³/mol. The van der Waals surface area contributed by atoms with Gasteiger partial charge in [0.25, 0.3) is 0 Å². The zero-order valence-corrected chi connectivity index (χ0v) is 10.9. The molecule has 2 nitrogen and oxygen atoms in total. The van der Waals surface area contributed by atoms with Crippen LogP contribution in [-0.2, 0) is 0 Å². The van der Waals surface area contributed by atoms with Gasteiger partial charge >= 0.3 is 0 Å². The van der Waals surface area contributed by atoms with Gasteiger partial charge in [-0.3, -0.25) is 0 Å². The maximum atomic E-state index is 13.2. The van der Waals surface area contributed by atoms with Crippen molar-refractivity contribution in [1.82, 2.24) is 0 Å². The normalized spacial score (nSPS) is 12.5. The summed E-state index contributed by atoms with van der Waals surface area (Å²) in [4.78, 5) is 0.491. The first-order valence-corrected chi connectivity index (χ1v) is 6.24. The number of thiophene rings is 1. The minimum Gasteiger partial charge on any atom is -0.495 e. The minimum absolute atomic E-state index is 0.0307. The molecule has 2 rings (SSSR count). The van der Waals surface area contributed by atoms with Gasteiger partial charge in [0, 0.05) is 10.6 Å². The predicted octanol–water partition coefficient (Wildman–Crippen LogP) is 3.77. The Balaban J connectivity index is 2.46. The van der Waals surface area contributed by atoms with Gasteiger partial charge < -0.3 is 9.84 Å². The van der Waals surface area contributed by atoms with Crippen molar-refractivity contribution in [3.05, 3.63) is 50.7 Å². The third-order valence-electron chi connectivity index (χ3n) is 2.46. The molecule has 0 aliphatic carbocycles. The SMILES string of the molecule is COc1ccsc1C(O)c1cc(F)c(F)cc1Cl. The Bertz CT molecular complexity index is 571. The van der Waals surface area contributed by atoms with E-state index in [1.807, 2.05) is 0 Å². The zero-order chi connectivity index (χ0) is 13.3. The molecule has 1 atom stereocenters. The van der Waals surface area contributed by atoms with E-state index in [0.717, 1.165) is 12.1 Å². The van der Waals surface area contributed by atoms with E-state index in [1.165, 1.54) is 18.4 Å². The third kappa shape index (κ3) is 2.34. The largest absolute Gasteiger partial charge is 0.495 e. The topological polar surface area (TPSA) is 29.5 Å². The van der Waals surface area contributed by atoms with Crippen molar-refractivity contribution in [2.24, 2.45) is 0 Å². The van der Waals surface area contributed by atoms with Gasteiger partial charge in [-0.25, -0.2) is 8.78 Å². The number of hydrogen-bond acceptors (Lipinski definition) is 3. The lowest BCUT2D eigenvalue weighted by Crippen LogP contribution is -2.02. The van der Waals surface area contributed by atoms with E-state index in [0.29, 0.717) is 10.6 Å².